The SMILES string of the molecule is C=CCCCCOC(=O)[C@@H]1[C@@H]2CCC3(S2)C(C(=O)N(CC=C)C2CCCCC2)N(CCCCCCO)C(=O)[C@H]13. The van der Waals surface area contributed by atoms with Crippen molar-refractivity contribution >= 4 is 29.5 Å². The number of allylic oxidation sites excluding steroid dienone is 1. The number of aliphatic hydroxyl groups excluding tert-OH is 1. The number of nitrogens with zero attached hydrogens (tertiary/aromatic N) is 2. The van der Waals surface area contributed by atoms with Crippen LogP contribution >= 0.6 is 11.8 Å². The number of unbranched alkanes of at least 4 members (excludes halogenated alkanes) is 5. The Morgan fingerprint density at radius 3 is 2.54 bits per heavy atom. The molecule has 2 bridgehead atoms. The summed E-state index contributed by atoms with van der Waals surface area (Å²) in [5.74, 6) is -1.24. The second kappa shape index (κ2) is 14.2. The molecular weight excluding hydrogens is 512 g/mol. The molecule has 0 aromatic heterocycles. The summed E-state index contributed by atoms with van der Waals surface area (Å²) in [5.41, 5.74) is 0. The van der Waals surface area contributed by atoms with Gasteiger partial charge in [0.05, 0.1) is 23.2 Å². The van der Waals surface area contributed by atoms with Crippen molar-refractivity contribution in [2.45, 2.75) is 112 Å². The molecule has 0 radical (unpaired) electrons. The van der Waals surface area contributed by atoms with E-state index in [0.29, 0.717) is 19.7 Å². The summed E-state index contributed by atoms with van der Waals surface area (Å²) in [6, 6.07) is -0.365. The maximum absolute atomic E-state index is 14.5. The first-order valence-corrected chi connectivity index (χ1v) is 16.2. The van der Waals surface area contributed by atoms with E-state index in [4.69, 9.17) is 9.84 Å². The van der Waals surface area contributed by atoms with E-state index in [0.717, 1.165) is 83.5 Å². The number of amides is 2. The molecule has 0 aromatic rings. The first-order chi connectivity index (χ1) is 19.0. The molecule has 218 valence electrons. The van der Waals surface area contributed by atoms with Crippen molar-refractivity contribution < 1.29 is 24.2 Å². The molecule has 8 heteroatoms. The molecule has 1 N–H and O–H groups in total. The number of carbonyl (C=O) groups excluding carboxylic acids is 3. The maximum Gasteiger partial charge on any atom is 0.310 e. The number of thioether (sulfide) groups is 1. The van der Waals surface area contributed by atoms with Gasteiger partial charge in [-0.05, 0) is 57.8 Å². The third-order valence-electron chi connectivity index (χ3n) is 9.28. The number of hydrogen-bond donors (Lipinski definition) is 1. The van der Waals surface area contributed by atoms with Gasteiger partial charge in [-0.2, -0.15) is 0 Å². The standard InChI is InChI=1S/C31H48N2O5S/c1-3-5-6-14-22-38-30(37)25-24-17-18-31(39-24)26(25)28(35)33(20-12-7-8-13-21-34)27(31)29(36)32(19-4-2)23-15-10-9-11-16-23/h3-4,23-27,34H,1-2,5-22H2/t24-,25+,26-,27?,31?/m0/s1. The Hall–Kier alpha value is -1.80. The zero-order valence-electron chi connectivity index (χ0n) is 23.6. The molecule has 39 heavy (non-hydrogen) atoms. The van der Waals surface area contributed by atoms with Crippen molar-refractivity contribution in [2.24, 2.45) is 11.8 Å². The molecule has 1 spiro atoms. The fourth-order valence-electron chi connectivity index (χ4n) is 7.46. The highest BCUT2D eigenvalue weighted by atomic mass is 32.2. The number of hydrogen-bond acceptors (Lipinski definition) is 6. The van der Waals surface area contributed by atoms with E-state index in [1.165, 1.54) is 6.42 Å². The number of likely N-dealkylation sites (tertiary alicyclic amines) is 1. The predicted octanol–water partition coefficient (Wildman–Crippen LogP) is 4.88. The van der Waals surface area contributed by atoms with Gasteiger partial charge in [-0.25, -0.2) is 0 Å². The molecule has 2 unspecified atom stereocenters. The van der Waals surface area contributed by atoms with Crippen LogP contribution in [0.1, 0.15) is 89.9 Å². The lowest BCUT2D eigenvalue weighted by atomic mass is 9.71. The third-order valence-corrected chi connectivity index (χ3v) is 11.2. The summed E-state index contributed by atoms with van der Waals surface area (Å²) in [4.78, 5) is 45.9. The lowest BCUT2D eigenvalue weighted by molar-refractivity contribution is -0.154. The number of fused-ring (bicyclic) bond motifs is 1. The normalized spacial score (nSPS) is 29.9. The van der Waals surface area contributed by atoms with E-state index >= 15 is 0 Å². The quantitative estimate of drug-likeness (QED) is 0.165. The Balaban J connectivity index is 1.57. The first-order valence-electron chi connectivity index (χ1n) is 15.3. The second-order valence-electron chi connectivity index (χ2n) is 11.7. The lowest BCUT2D eigenvalue weighted by Crippen LogP contribution is -2.57. The van der Waals surface area contributed by atoms with E-state index in [9.17, 15) is 14.4 Å². The Kier molecular flexibility index (Phi) is 11.0. The third kappa shape index (κ3) is 6.27. The van der Waals surface area contributed by atoms with Crippen molar-refractivity contribution in [3.05, 3.63) is 25.3 Å². The highest BCUT2D eigenvalue weighted by Crippen LogP contribution is 2.66. The fraction of sp³-hybridized carbons (Fsp3) is 0.774. The molecule has 3 aliphatic heterocycles. The number of rotatable bonds is 16. The van der Waals surface area contributed by atoms with Crippen LogP contribution < -0.4 is 0 Å². The number of ether oxygens (including phenoxy) is 1. The van der Waals surface area contributed by atoms with Crippen molar-refractivity contribution in [2.75, 3.05) is 26.3 Å². The number of carbonyl (C=O) groups is 3. The minimum absolute atomic E-state index is 0.0316. The van der Waals surface area contributed by atoms with Crippen molar-refractivity contribution in [1.29, 1.82) is 0 Å². The van der Waals surface area contributed by atoms with Gasteiger partial charge in [-0.1, -0.05) is 44.3 Å². The molecule has 0 aromatic carbocycles. The monoisotopic (exact) mass is 560 g/mol. The highest BCUT2D eigenvalue weighted by Gasteiger charge is 2.74. The Labute approximate surface area is 238 Å². The maximum atomic E-state index is 14.5. The summed E-state index contributed by atoms with van der Waals surface area (Å²) in [7, 11) is 0. The van der Waals surface area contributed by atoms with Gasteiger partial charge in [0.2, 0.25) is 11.8 Å². The van der Waals surface area contributed by atoms with Crippen LogP contribution in [0.15, 0.2) is 25.3 Å². The molecule has 4 rings (SSSR count). The molecule has 4 fully saturated rings. The molecule has 1 saturated carbocycles. The minimum atomic E-state index is -0.565. The molecule has 3 saturated heterocycles. The van der Waals surface area contributed by atoms with Crippen LogP contribution in [0.2, 0.25) is 0 Å². The van der Waals surface area contributed by atoms with Gasteiger partial charge in [0.25, 0.3) is 0 Å². The van der Waals surface area contributed by atoms with E-state index in [-0.39, 0.29) is 35.7 Å². The molecular formula is C31H48N2O5S. The predicted molar refractivity (Wildman–Crippen MR) is 155 cm³/mol. The van der Waals surface area contributed by atoms with Crippen LogP contribution in [-0.4, -0.2) is 81.1 Å². The average Bonchev–Trinajstić information content (AvgIpc) is 3.59. The van der Waals surface area contributed by atoms with Crippen molar-refractivity contribution in [1.82, 2.24) is 9.80 Å². The van der Waals surface area contributed by atoms with Crippen molar-refractivity contribution in [3.63, 3.8) is 0 Å². The van der Waals surface area contributed by atoms with Crippen LogP contribution in [0.3, 0.4) is 0 Å². The summed E-state index contributed by atoms with van der Waals surface area (Å²) in [5, 5.41) is 9.19. The highest BCUT2D eigenvalue weighted by molar-refractivity contribution is 8.02. The Morgan fingerprint density at radius 1 is 1.05 bits per heavy atom. The molecule has 5 atom stereocenters. The van der Waals surface area contributed by atoms with E-state index in [1.54, 1.807) is 11.8 Å². The van der Waals surface area contributed by atoms with Gasteiger partial charge in [0, 0.05) is 31.0 Å². The molecule has 7 nitrogen and oxygen atoms in total. The van der Waals surface area contributed by atoms with Gasteiger partial charge in [0.1, 0.15) is 6.04 Å². The first kappa shape index (κ1) is 30.2. The largest absolute Gasteiger partial charge is 0.465 e. The Morgan fingerprint density at radius 2 is 1.82 bits per heavy atom. The zero-order valence-corrected chi connectivity index (χ0v) is 24.4. The molecule has 1 aliphatic carbocycles. The number of esters is 1. The topological polar surface area (TPSA) is 87.2 Å². The van der Waals surface area contributed by atoms with Crippen molar-refractivity contribution in [3.8, 4) is 0 Å². The van der Waals surface area contributed by atoms with Gasteiger partial charge in [-0.15, -0.1) is 24.9 Å². The number of aliphatic hydroxyl groups is 1. The molecule has 3 heterocycles. The van der Waals surface area contributed by atoms with E-state index in [1.807, 2.05) is 22.0 Å². The van der Waals surface area contributed by atoms with Gasteiger partial charge in [0.15, 0.2) is 0 Å². The lowest BCUT2D eigenvalue weighted by Gasteiger charge is -2.41. The van der Waals surface area contributed by atoms with Crippen LogP contribution in [-0.2, 0) is 19.1 Å². The van der Waals surface area contributed by atoms with Gasteiger partial charge < -0.3 is 19.6 Å². The summed E-state index contributed by atoms with van der Waals surface area (Å²) in [6.45, 7) is 9.22. The van der Waals surface area contributed by atoms with Gasteiger partial charge >= 0.3 is 5.97 Å². The minimum Gasteiger partial charge on any atom is -0.465 e. The fourth-order valence-corrected chi connectivity index (χ4v) is 9.66. The van der Waals surface area contributed by atoms with E-state index < -0.39 is 22.6 Å². The van der Waals surface area contributed by atoms with Gasteiger partial charge in [-0.3, -0.25) is 14.4 Å². The average molecular weight is 561 g/mol. The summed E-state index contributed by atoms with van der Waals surface area (Å²) >= 11 is 1.72. The molecule has 4 aliphatic rings. The zero-order chi connectivity index (χ0) is 27.8. The van der Waals surface area contributed by atoms with Crippen LogP contribution in [0.25, 0.3) is 0 Å². The van der Waals surface area contributed by atoms with E-state index in [2.05, 4.69) is 13.2 Å². The summed E-state index contributed by atoms with van der Waals surface area (Å²) < 4.78 is 5.16. The summed E-state index contributed by atoms with van der Waals surface area (Å²) in [6.07, 6.45) is 16.7. The second-order valence-corrected chi connectivity index (χ2v) is 13.3. The molecule has 2 amide bonds. The van der Waals surface area contributed by atoms with Crippen LogP contribution in [0, 0.1) is 11.8 Å². The Bertz CT molecular complexity index is 890. The van der Waals surface area contributed by atoms with Crippen LogP contribution in [0.4, 0.5) is 0 Å². The smallest absolute Gasteiger partial charge is 0.310 e. The van der Waals surface area contributed by atoms with Crippen LogP contribution in [0.5, 0.6) is 0 Å².